The number of hydrogen-bond donors (Lipinski definition) is 2. The Morgan fingerprint density at radius 1 is 1.21 bits per heavy atom. The largest absolute Gasteiger partial charge is 0.496 e. The molecule has 2 aromatic carbocycles. The maximum atomic E-state index is 14.1. The molecule has 5 rings (SSSR count). The van der Waals surface area contributed by atoms with Crippen LogP contribution in [0.1, 0.15) is 23.7 Å². The van der Waals surface area contributed by atoms with E-state index in [0.717, 1.165) is 17.7 Å². The first kappa shape index (κ1) is 22.2. The van der Waals surface area contributed by atoms with Crippen LogP contribution in [0.2, 0.25) is 0 Å². The molecule has 2 unspecified atom stereocenters. The number of methoxy groups -OCH3 is 1. The Morgan fingerprint density at radius 3 is 2.71 bits per heavy atom. The van der Waals surface area contributed by atoms with E-state index in [-0.39, 0.29) is 19.5 Å². The van der Waals surface area contributed by atoms with Crippen molar-refractivity contribution in [3.8, 4) is 28.5 Å². The smallest absolute Gasteiger partial charge is 0.191 e. The lowest BCUT2D eigenvalue weighted by Gasteiger charge is -2.38. The molecule has 8 nitrogen and oxygen atoms in total. The molecule has 0 saturated heterocycles. The van der Waals surface area contributed by atoms with Gasteiger partial charge in [0.05, 0.1) is 36.9 Å². The van der Waals surface area contributed by atoms with Gasteiger partial charge in [-0.25, -0.2) is 13.8 Å². The van der Waals surface area contributed by atoms with Crippen LogP contribution in [-0.4, -0.2) is 44.6 Å². The molecule has 0 aliphatic carbocycles. The highest BCUT2D eigenvalue weighted by molar-refractivity contribution is 5.71. The molecule has 2 aromatic heterocycles. The van der Waals surface area contributed by atoms with Gasteiger partial charge in [0.1, 0.15) is 11.6 Å². The van der Waals surface area contributed by atoms with Crippen molar-refractivity contribution >= 4 is 0 Å². The number of nitrogens with zero attached hydrogens (tertiary/aromatic N) is 4. The van der Waals surface area contributed by atoms with Crippen molar-refractivity contribution in [1.82, 2.24) is 19.7 Å². The Labute approximate surface area is 194 Å². The molecular formula is C24H23F2N5O3. The van der Waals surface area contributed by atoms with Crippen molar-refractivity contribution in [3.63, 3.8) is 0 Å². The fraction of sp³-hybridized carbons (Fsp3) is 0.292. The molecule has 0 radical (unpaired) electrons. The lowest BCUT2D eigenvalue weighted by Crippen LogP contribution is -2.47. The molecule has 0 spiro atoms. The van der Waals surface area contributed by atoms with E-state index in [1.165, 1.54) is 6.07 Å². The van der Waals surface area contributed by atoms with Gasteiger partial charge in [0.15, 0.2) is 29.1 Å². The van der Waals surface area contributed by atoms with Gasteiger partial charge in [0, 0.05) is 19.0 Å². The summed E-state index contributed by atoms with van der Waals surface area (Å²) in [7, 11) is 1.55. The van der Waals surface area contributed by atoms with Gasteiger partial charge in [0.25, 0.3) is 0 Å². The second kappa shape index (κ2) is 8.30. The molecule has 3 N–H and O–H groups in total. The summed E-state index contributed by atoms with van der Waals surface area (Å²) in [6.45, 7) is 2.02. The summed E-state index contributed by atoms with van der Waals surface area (Å²) in [5.74, 6) is 0.691. The number of hydrogen-bond acceptors (Lipinski definition) is 7. The van der Waals surface area contributed by atoms with Crippen LogP contribution >= 0.6 is 0 Å². The zero-order chi connectivity index (χ0) is 24.0. The third-order valence-corrected chi connectivity index (χ3v) is 6.32. The normalized spacial score (nSPS) is 19.8. The third kappa shape index (κ3) is 3.46. The van der Waals surface area contributed by atoms with E-state index in [0.29, 0.717) is 40.2 Å². The van der Waals surface area contributed by atoms with Crippen molar-refractivity contribution < 1.29 is 23.0 Å². The highest BCUT2D eigenvalue weighted by Gasteiger charge is 2.44. The van der Waals surface area contributed by atoms with Crippen LogP contribution in [0.15, 0.2) is 47.0 Å². The maximum absolute atomic E-state index is 14.1. The van der Waals surface area contributed by atoms with Gasteiger partial charge in [-0.15, -0.1) is 10.2 Å². The zero-order valence-corrected chi connectivity index (χ0v) is 18.6. The molecule has 1 aliphatic rings. The molecule has 4 aromatic rings. The Kier molecular flexibility index (Phi) is 5.41. The van der Waals surface area contributed by atoms with Gasteiger partial charge >= 0.3 is 0 Å². The molecule has 176 valence electrons. The van der Waals surface area contributed by atoms with E-state index in [1.807, 2.05) is 12.1 Å². The van der Waals surface area contributed by atoms with Gasteiger partial charge in [-0.1, -0.05) is 12.1 Å². The Morgan fingerprint density at radius 2 is 2.03 bits per heavy atom. The van der Waals surface area contributed by atoms with Crippen molar-refractivity contribution in [1.29, 1.82) is 0 Å². The van der Waals surface area contributed by atoms with E-state index >= 15 is 0 Å². The van der Waals surface area contributed by atoms with E-state index in [1.54, 1.807) is 30.9 Å². The molecule has 0 bridgehead atoms. The molecule has 1 aliphatic heterocycles. The van der Waals surface area contributed by atoms with Crippen molar-refractivity contribution in [2.45, 2.75) is 31.4 Å². The number of halogens is 2. The summed E-state index contributed by atoms with van der Waals surface area (Å²) in [5.41, 5.74) is 6.99. The second-order valence-electron chi connectivity index (χ2n) is 8.39. The Balaban J connectivity index is 1.63. The monoisotopic (exact) mass is 467 g/mol. The minimum atomic E-state index is -1.03. The summed E-state index contributed by atoms with van der Waals surface area (Å²) in [6, 6.07) is 9.11. The van der Waals surface area contributed by atoms with Gasteiger partial charge in [-0.3, -0.25) is 0 Å². The number of aromatic nitrogens is 4. The van der Waals surface area contributed by atoms with Gasteiger partial charge in [-0.2, -0.15) is 0 Å². The van der Waals surface area contributed by atoms with Crippen molar-refractivity contribution in [2.24, 2.45) is 5.73 Å². The quantitative estimate of drug-likeness (QED) is 0.464. The predicted octanol–water partition coefficient (Wildman–Crippen LogP) is 3.20. The SMILES string of the molecule is COc1cc(-c2nnc3n2CC(O)CC3(CN)c2ccc(F)c(F)c2)ccc1-c1cnc(C)o1. The summed E-state index contributed by atoms with van der Waals surface area (Å²) >= 11 is 0. The van der Waals surface area contributed by atoms with Gasteiger partial charge in [-0.05, 0) is 36.2 Å². The summed E-state index contributed by atoms with van der Waals surface area (Å²) in [4.78, 5) is 4.13. The van der Waals surface area contributed by atoms with Crippen LogP contribution in [0.25, 0.3) is 22.7 Å². The van der Waals surface area contributed by atoms with E-state index in [9.17, 15) is 13.9 Å². The molecule has 2 atom stereocenters. The average molecular weight is 467 g/mol. The molecule has 0 saturated carbocycles. The average Bonchev–Trinajstić information content (AvgIpc) is 3.46. The molecule has 10 heteroatoms. The standard InChI is InChI=1S/C24H23F2N5O3/c1-13-28-10-21(34-13)17-5-3-14(7-20(17)33-2)22-29-30-23-24(12-27,9-16(32)11-31(22)23)15-4-6-18(25)19(26)8-15/h3-8,10,16,32H,9,11-12,27H2,1-2H3. The van der Waals surface area contributed by atoms with Crippen LogP contribution in [0.5, 0.6) is 5.75 Å². The third-order valence-electron chi connectivity index (χ3n) is 6.32. The number of ether oxygens (including phenoxy) is 1. The molecule has 3 heterocycles. The molecule has 0 amide bonds. The number of fused-ring (bicyclic) bond motifs is 1. The first-order valence-electron chi connectivity index (χ1n) is 10.7. The number of aryl methyl sites for hydroxylation is 1. The number of benzene rings is 2. The Bertz CT molecular complexity index is 1370. The van der Waals surface area contributed by atoms with Crippen LogP contribution in [0, 0.1) is 18.6 Å². The first-order valence-corrected chi connectivity index (χ1v) is 10.7. The number of aliphatic hydroxyl groups is 1. The highest BCUT2D eigenvalue weighted by Crippen LogP contribution is 2.41. The minimum Gasteiger partial charge on any atom is -0.496 e. The number of oxazole rings is 1. The van der Waals surface area contributed by atoms with Crippen LogP contribution < -0.4 is 10.5 Å². The lowest BCUT2D eigenvalue weighted by atomic mass is 9.73. The first-order chi connectivity index (χ1) is 16.4. The topological polar surface area (TPSA) is 112 Å². The summed E-state index contributed by atoms with van der Waals surface area (Å²) in [5, 5.41) is 19.5. The van der Waals surface area contributed by atoms with Crippen LogP contribution in [0.4, 0.5) is 8.78 Å². The van der Waals surface area contributed by atoms with Crippen LogP contribution in [-0.2, 0) is 12.0 Å². The molecule has 0 fully saturated rings. The highest BCUT2D eigenvalue weighted by atomic mass is 19.2. The fourth-order valence-electron chi connectivity index (χ4n) is 4.67. The maximum Gasteiger partial charge on any atom is 0.191 e. The van der Waals surface area contributed by atoms with Crippen LogP contribution in [0.3, 0.4) is 0 Å². The van der Waals surface area contributed by atoms with Crippen molar-refractivity contribution in [3.05, 3.63) is 71.5 Å². The lowest BCUT2D eigenvalue weighted by molar-refractivity contribution is 0.0993. The summed E-state index contributed by atoms with van der Waals surface area (Å²) < 4.78 is 40.7. The molecular weight excluding hydrogens is 444 g/mol. The zero-order valence-electron chi connectivity index (χ0n) is 18.6. The fourth-order valence-corrected chi connectivity index (χ4v) is 4.67. The second-order valence-corrected chi connectivity index (χ2v) is 8.39. The van der Waals surface area contributed by atoms with E-state index in [4.69, 9.17) is 14.9 Å². The predicted molar refractivity (Wildman–Crippen MR) is 119 cm³/mol. The number of rotatable bonds is 5. The Hall–Kier alpha value is -3.63. The number of nitrogens with two attached hydrogens (primary N) is 1. The van der Waals surface area contributed by atoms with Gasteiger partial charge in [0.2, 0.25) is 0 Å². The van der Waals surface area contributed by atoms with E-state index in [2.05, 4.69) is 15.2 Å². The van der Waals surface area contributed by atoms with Crippen molar-refractivity contribution in [2.75, 3.05) is 13.7 Å². The van der Waals surface area contributed by atoms with Gasteiger partial charge < -0.3 is 24.6 Å². The molecule has 34 heavy (non-hydrogen) atoms. The number of aliphatic hydroxyl groups excluding tert-OH is 1. The van der Waals surface area contributed by atoms with E-state index < -0.39 is 23.2 Å². The minimum absolute atomic E-state index is 0.0281. The summed E-state index contributed by atoms with van der Waals surface area (Å²) in [6.07, 6.45) is 1.04.